The highest BCUT2D eigenvalue weighted by Crippen LogP contribution is 2.24. The second-order valence-corrected chi connectivity index (χ2v) is 8.31. The molecule has 1 heterocycles. The molecular weight excluding hydrogens is 479 g/mol. The minimum atomic E-state index is -0.222. The van der Waals surface area contributed by atoms with Crippen molar-refractivity contribution in [2.45, 2.75) is 58.9 Å². The first-order chi connectivity index (χ1) is 13.4. The molecular formula is C22H37IN4O2. The number of nitrogens with two attached hydrogens (primary N) is 1. The summed E-state index contributed by atoms with van der Waals surface area (Å²) in [6.45, 7) is 8.81. The average Bonchev–Trinajstić information content (AvgIpc) is 2.68. The van der Waals surface area contributed by atoms with Gasteiger partial charge in [0.25, 0.3) is 0 Å². The Hall–Kier alpha value is -1.51. The normalized spacial score (nSPS) is 15.6. The molecule has 0 spiro atoms. The standard InChI is InChI=1S/C22H36N4O2.HI/c1-4-28-21(27)26-15-12-19(13-16-26)25-20(23)24-17-22(2,3)14-8-11-18-9-6-5-7-10-18;/h5-7,9-10,19H,4,8,11-17H2,1-3H3,(H3,23,24,25);1H. The summed E-state index contributed by atoms with van der Waals surface area (Å²) in [4.78, 5) is 18.1. The van der Waals surface area contributed by atoms with Gasteiger partial charge >= 0.3 is 6.09 Å². The van der Waals surface area contributed by atoms with Gasteiger partial charge in [0.2, 0.25) is 0 Å². The summed E-state index contributed by atoms with van der Waals surface area (Å²) in [7, 11) is 0. The Morgan fingerprint density at radius 2 is 1.93 bits per heavy atom. The highest BCUT2D eigenvalue weighted by Gasteiger charge is 2.24. The van der Waals surface area contributed by atoms with Crippen molar-refractivity contribution >= 4 is 36.0 Å². The number of ether oxygens (including phenoxy) is 1. The predicted octanol–water partition coefficient (Wildman–Crippen LogP) is 4.18. The van der Waals surface area contributed by atoms with E-state index in [2.05, 4.69) is 54.5 Å². The first-order valence-corrected chi connectivity index (χ1v) is 10.4. The van der Waals surface area contributed by atoms with Crippen LogP contribution in [-0.4, -0.2) is 49.2 Å². The minimum Gasteiger partial charge on any atom is -0.450 e. The Balaban J connectivity index is 0.00000420. The van der Waals surface area contributed by atoms with Gasteiger partial charge in [0.05, 0.1) is 6.61 Å². The van der Waals surface area contributed by atoms with E-state index in [1.54, 1.807) is 4.90 Å². The number of aryl methyl sites for hydroxylation is 1. The molecule has 0 saturated carbocycles. The fourth-order valence-corrected chi connectivity index (χ4v) is 3.47. The number of carbonyl (C=O) groups is 1. The van der Waals surface area contributed by atoms with Gasteiger partial charge in [-0.05, 0) is 50.0 Å². The van der Waals surface area contributed by atoms with Crippen LogP contribution in [0.5, 0.6) is 0 Å². The van der Waals surface area contributed by atoms with Gasteiger partial charge in [-0.2, -0.15) is 0 Å². The second-order valence-electron chi connectivity index (χ2n) is 8.31. The Morgan fingerprint density at radius 1 is 1.28 bits per heavy atom. The monoisotopic (exact) mass is 516 g/mol. The molecule has 1 aliphatic rings. The number of likely N-dealkylation sites (tertiary alicyclic amines) is 1. The predicted molar refractivity (Wildman–Crippen MR) is 130 cm³/mol. The third-order valence-corrected chi connectivity index (χ3v) is 5.21. The zero-order chi connectivity index (χ0) is 20.4. The van der Waals surface area contributed by atoms with E-state index in [1.807, 2.05) is 6.92 Å². The number of halogens is 1. The minimum absolute atomic E-state index is 0. The summed E-state index contributed by atoms with van der Waals surface area (Å²) < 4.78 is 5.05. The van der Waals surface area contributed by atoms with E-state index in [0.717, 1.165) is 32.1 Å². The molecule has 1 amide bonds. The van der Waals surface area contributed by atoms with E-state index in [-0.39, 0.29) is 41.5 Å². The number of guanidine groups is 1. The number of rotatable bonds is 8. The van der Waals surface area contributed by atoms with Gasteiger partial charge in [0.15, 0.2) is 5.96 Å². The number of benzene rings is 1. The molecule has 0 aliphatic carbocycles. The van der Waals surface area contributed by atoms with Crippen molar-refractivity contribution in [2.75, 3.05) is 26.2 Å². The molecule has 6 nitrogen and oxygen atoms in total. The smallest absolute Gasteiger partial charge is 0.409 e. The largest absolute Gasteiger partial charge is 0.450 e. The van der Waals surface area contributed by atoms with E-state index < -0.39 is 0 Å². The molecule has 0 bridgehead atoms. The molecule has 0 aromatic heterocycles. The van der Waals surface area contributed by atoms with Crippen molar-refractivity contribution in [3.63, 3.8) is 0 Å². The number of nitrogens with one attached hydrogen (secondary N) is 1. The number of aliphatic imine (C=N–C) groups is 1. The van der Waals surface area contributed by atoms with Crippen LogP contribution in [0.25, 0.3) is 0 Å². The number of piperidine rings is 1. The van der Waals surface area contributed by atoms with Crippen molar-refractivity contribution in [3.05, 3.63) is 35.9 Å². The van der Waals surface area contributed by atoms with Crippen LogP contribution in [0.2, 0.25) is 0 Å². The summed E-state index contributed by atoms with van der Waals surface area (Å²) in [6.07, 6.45) is 4.84. The van der Waals surface area contributed by atoms with Crippen LogP contribution in [0.4, 0.5) is 4.79 Å². The molecule has 3 N–H and O–H groups in total. The third-order valence-electron chi connectivity index (χ3n) is 5.21. The molecule has 7 heteroatoms. The molecule has 1 aliphatic heterocycles. The van der Waals surface area contributed by atoms with Gasteiger partial charge in [-0.15, -0.1) is 24.0 Å². The first kappa shape index (κ1) is 25.5. The molecule has 0 unspecified atom stereocenters. The van der Waals surface area contributed by atoms with Crippen LogP contribution in [0.1, 0.15) is 52.0 Å². The Labute approximate surface area is 192 Å². The van der Waals surface area contributed by atoms with Crippen LogP contribution in [0.3, 0.4) is 0 Å². The maximum Gasteiger partial charge on any atom is 0.409 e. The van der Waals surface area contributed by atoms with Crippen molar-refractivity contribution < 1.29 is 9.53 Å². The van der Waals surface area contributed by atoms with E-state index in [1.165, 1.54) is 5.56 Å². The SMILES string of the molecule is CCOC(=O)N1CCC(NC(N)=NCC(C)(C)CCCc2ccccc2)CC1.I. The van der Waals surface area contributed by atoms with Crippen LogP contribution in [0.15, 0.2) is 35.3 Å². The number of hydrogen-bond acceptors (Lipinski definition) is 3. The topological polar surface area (TPSA) is 80.0 Å². The summed E-state index contributed by atoms with van der Waals surface area (Å²) in [5.41, 5.74) is 7.61. The van der Waals surface area contributed by atoms with E-state index in [9.17, 15) is 4.79 Å². The molecule has 1 saturated heterocycles. The number of nitrogens with zero attached hydrogens (tertiary/aromatic N) is 2. The summed E-state index contributed by atoms with van der Waals surface area (Å²) in [5.74, 6) is 0.505. The number of carbonyl (C=O) groups excluding carboxylic acids is 1. The van der Waals surface area contributed by atoms with Gasteiger partial charge in [0, 0.05) is 25.7 Å². The first-order valence-electron chi connectivity index (χ1n) is 10.4. The van der Waals surface area contributed by atoms with Crippen molar-refractivity contribution in [3.8, 4) is 0 Å². The van der Waals surface area contributed by atoms with Crippen molar-refractivity contribution in [1.29, 1.82) is 0 Å². The lowest BCUT2D eigenvalue weighted by atomic mass is 9.86. The third kappa shape index (κ3) is 9.69. The fraction of sp³-hybridized carbons (Fsp3) is 0.636. The molecule has 164 valence electrons. The van der Waals surface area contributed by atoms with Crippen LogP contribution >= 0.6 is 24.0 Å². The van der Waals surface area contributed by atoms with Gasteiger partial charge in [-0.1, -0.05) is 44.2 Å². The zero-order valence-corrected chi connectivity index (χ0v) is 20.4. The molecule has 2 rings (SSSR count). The van der Waals surface area contributed by atoms with Crippen LogP contribution in [-0.2, 0) is 11.2 Å². The van der Waals surface area contributed by atoms with Crippen LogP contribution < -0.4 is 11.1 Å². The van der Waals surface area contributed by atoms with Gasteiger partial charge in [-0.25, -0.2) is 4.79 Å². The Morgan fingerprint density at radius 3 is 2.55 bits per heavy atom. The van der Waals surface area contributed by atoms with Crippen molar-refractivity contribution in [2.24, 2.45) is 16.1 Å². The molecule has 0 radical (unpaired) electrons. The fourth-order valence-electron chi connectivity index (χ4n) is 3.47. The maximum atomic E-state index is 11.8. The van der Waals surface area contributed by atoms with E-state index in [0.29, 0.717) is 32.2 Å². The Kier molecular flexibility index (Phi) is 11.4. The molecule has 1 aromatic carbocycles. The average molecular weight is 516 g/mol. The lowest BCUT2D eigenvalue weighted by Crippen LogP contribution is -2.48. The molecule has 0 atom stereocenters. The van der Waals surface area contributed by atoms with E-state index in [4.69, 9.17) is 10.5 Å². The lowest BCUT2D eigenvalue weighted by molar-refractivity contribution is 0.0963. The van der Waals surface area contributed by atoms with E-state index >= 15 is 0 Å². The number of hydrogen-bond donors (Lipinski definition) is 2. The summed E-state index contributed by atoms with van der Waals surface area (Å²) in [5, 5.41) is 3.31. The van der Waals surface area contributed by atoms with Crippen molar-refractivity contribution in [1.82, 2.24) is 10.2 Å². The Bertz CT molecular complexity index is 629. The zero-order valence-electron chi connectivity index (χ0n) is 18.0. The molecule has 29 heavy (non-hydrogen) atoms. The summed E-state index contributed by atoms with van der Waals surface area (Å²) in [6, 6.07) is 10.9. The maximum absolute atomic E-state index is 11.8. The van der Waals surface area contributed by atoms with Gasteiger partial charge in [-0.3, -0.25) is 4.99 Å². The highest BCUT2D eigenvalue weighted by atomic mass is 127. The van der Waals surface area contributed by atoms with Gasteiger partial charge in [0.1, 0.15) is 0 Å². The highest BCUT2D eigenvalue weighted by molar-refractivity contribution is 14.0. The molecule has 1 fully saturated rings. The molecule has 1 aromatic rings. The lowest BCUT2D eigenvalue weighted by Gasteiger charge is -2.32. The van der Waals surface area contributed by atoms with Crippen LogP contribution in [0, 0.1) is 5.41 Å². The number of amides is 1. The quantitative estimate of drug-likeness (QED) is 0.309. The summed E-state index contributed by atoms with van der Waals surface area (Å²) >= 11 is 0. The van der Waals surface area contributed by atoms with Gasteiger partial charge < -0.3 is 20.7 Å². The second kappa shape index (κ2) is 12.9.